The predicted octanol–water partition coefficient (Wildman–Crippen LogP) is 0.889. The Bertz CT molecular complexity index is 546. The highest BCUT2D eigenvalue weighted by molar-refractivity contribution is 14.0. The van der Waals surface area contributed by atoms with Crippen LogP contribution in [0.3, 0.4) is 0 Å². The Morgan fingerprint density at radius 1 is 1.42 bits per heavy atom. The number of carbonyl (C=O) groups is 1. The number of aliphatic imine (C=N–C) groups is 1. The Morgan fingerprint density at radius 3 is 2.83 bits per heavy atom. The minimum Gasteiger partial charge on any atom is -0.356 e. The van der Waals surface area contributed by atoms with Gasteiger partial charge in [-0.05, 0) is 26.2 Å². The molecule has 1 aromatic rings. The summed E-state index contributed by atoms with van der Waals surface area (Å²) in [7, 11) is 3.55. The molecule has 1 aliphatic heterocycles. The fourth-order valence-electron chi connectivity index (χ4n) is 2.76. The summed E-state index contributed by atoms with van der Waals surface area (Å²) in [6, 6.07) is 0.365. The second-order valence-electron chi connectivity index (χ2n) is 5.83. The minimum absolute atomic E-state index is 0. The van der Waals surface area contributed by atoms with Gasteiger partial charge in [0, 0.05) is 39.6 Å². The zero-order valence-electron chi connectivity index (χ0n) is 14.7. The summed E-state index contributed by atoms with van der Waals surface area (Å²) in [5.74, 6) is 1.70. The third kappa shape index (κ3) is 5.91. The molecule has 2 rings (SSSR count). The van der Waals surface area contributed by atoms with Crippen LogP contribution in [0.4, 0.5) is 0 Å². The average molecular weight is 449 g/mol. The molecule has 0 aromatic carbocycles. The number of halogens is 1. The summed E-state index contributed by atoms with van der Waals surface area (Å²) in [4.78, 5) is 22.6. The van der Waals surface area contributed by atoms with E-state index in [9.17, 15) is 4.79 Å². The van der Waals surface area contributed by atoms with Crippen molar-refractivity contribution in [3.8, 4) is 0 Å². The number of likely N-dealkylation sites (tertiary alicyclic amines) is 1. The monoisotopic (exact) mass is 449 g/mol. The predicted molar refractivity (Wildman–Crippen MR) is 104 cm³/mol. The number of rotatable bonds is 5. The summed E-state index contributed by atoms with van der Waals surface area (Å²) in [5.41, 5.74) is 0. The number of nitrogens with one attached hydrogen (secondary N) is 2. The van der Waals surface area contributed by atoms with Crippen LogP contribution in [0, 0.1) is 0 Å². The number of guanidine groups is 1. The summed E-state index contributed by atoms with van der Waals surface area (Å²) in [5, 5.41) is 10.4. The number of carbonyl (C=O) groups excluding carboxylic acids is 1. The van der Waals surface area contributed by atoms with E-state index in [4.69, 9.17) is 0 Å². The van der Waals surface area contributed by atoms with Crippen LogP contribution in [-0.2, 0) is 18.4 Å². The quantitative estimate of drug-likeness (QED) is 0.396. The fraction of sp³-hybridized carbons (Fsp3) is 0.733. The maximum absolute atomic E-state index is 12.3. The first kappa shape index (κ1) is 20.7. The largest absolute Gasteiger partial charge is 0.356 e. The Hall–Kier alpha value is -1.39. The average Bonchev–Trinajstić information content (AvgIpc) is 2.96. The van der Waals surface area contributed by atoms with Gasteiger partial charge in [-0.3, -0.25) is 14.5 Å². The molecule has 1 unspecified atom stereocenters. The van der Waals surface area contributed by atoms with Crippen LogP contribution in [0.15, 0.2) is 11.3 Å². The molecule has 0 saturated carbocycles. The van der Waals surface area contributed by atoms with Crippen molar-refractivity contribution in [3.05, 3.63) is 12.2 Å². The zero-order valence-corrected chi connectivity index (χ0v) is 17.0. The van der Waals surface area contributed by atoms with E-state index in [1.54, 1.807) is 11.7 Å². The van der Waals surface area contributed by atoms with Gasteiger partial charge in [0.25, 0.3) is 0 Å². The Labute approximate surface area is 160 Å². The molecule has 1 atom stereocenters. The molecular weight excluding hydrogens is 421 g/mol. The molecule has 1 aliphatic rings. The number of amides is 1. The molecule has 0 aliphatic carbocycles. The molecule has 1 amide bonds. The van der Waals surface area contributed by atoms with E-state index in [1.807, 2.05) is 11.9 Å². The lowest BCUT2D eigenvalue weighted by molar-refractivity contribution is -0.134. The second-order valence-corrected chi connectivity index (χ2v) is 5.83. The number of aromatic nitrogens is 3. The first-order valence-electron chi connectivity index (χ1n) is 8.18. The third-order valence-electron chi connectivity index (χ3n) is 4.20. The third-order valence-corrected chi connectivity index (χ3v) is 4.20. The molecule has 0 spiro atoms. The highest BCUT2D eigenvalue weighted by Crippen LogP contribution is 2.16. The summed E-state index contributed by atoms with van der Waals surface area (Å²) in [6.45, 7) is 4.12. The maximum atomic E-state index is 12.3. The Kier molecular flexibility index (Phi) is 9.01. The van der Waals surface area contributed by atoms with Gasteiger partial charge in [-0.1, -0.05) is 0 Å². The van der Waals surface area contributed by atoms with Crippen LogP contribution in [0.2, 0.25) is 0 Å². The summed E-state index contributed by atoms with van der Waals surface area (Å²) in [6.07, 6.45) is 5.45. The molecule has 1 aromatic heterocycles. The van der Waals surface area contributed by atoms with Crippen molar-refractivity contribution < 1.29 is 4.79 Å². The highest BCUT2D eigenvalue weighted by atomic mass is 127. The molecular formula is C15H28IN7O. The van der Waals surface area contributed by atoms with E-state index >= 15 is 0 Å². The van der Waals surface area contributed by atoms with Gasteiger partial charge in [-0.15, -0.1) is 24.0 Å². The summed E-state index contributed by atoms with van der Waals surface area (Å²) >= 11 is 0. The van der Waals surface area contributed by atoms with E-state index in [2.05, 4.69) is 32.6 Å². The van der Waals surface area contributed by atoms with Crippen LogP contribution < -0.4 is 10.6 Å². The Balaban J connectivity index is 0.00000288. The van der Waals surface area contributed by atoms with Gasteiger partial charge in [0.05, 0.1) is 6.54 Å². The standard InChI is InChI=1S/C15H27N7O.HI/c1-12-6-4-5-9-22(12)14(23)7-8-17-15(16-2)18-10-13-19-11-20-21(13)3;/h11-12H,4-10H2,1-3H3,(H2,16,17,18);1H. The van der Waals surface area contributed by atoms with Crippen LogP contribution in [0.5, 0.6) is 0 Å². The molecule has 24 heavy (non-hydrogen) atoms. The molecule has 9 heteroatoms. The van der Waals surface area contributed by atoms with E-state index in [-0.39, 0.29) is 29.9 Å². The lowest BCUT2D eigenvalue weighted by Crippen LogP contribution is -2.44. The topological polar surface area (TPSA) is 87.4 Å². The lowest BCUT2D eigenvalue weighted by atomic mass is 10.0. The van der Waals surface area contributed by atoms with Crippen LogP contribution in [-0.4, -0.2) is 57.7 Å². The van der Waals surface area contributed by atoms with E-state index in [0.29, 0.717) is 31.5 Å². The highest BCUT2D eigenvalue weighted by Gasteiger charge is 2.22. The molecule has 136 valence electrons. The minimum atomic E-state index is 0. The number of aryl methyl sites for hydroxylation is 1. The smallest absolute Gasteiger partial charge is 0.224 e. The normalized spacial score (nSPS) is 18.0. The lowest BCUT2D eigenvalue weighted by Gasteiger charge is -2.33. The number of hydrogen-bond acceptors (Lipinski definition) is 4. The van der Waals surface area contributed by atoms with Gasteiger partial charge < -0.3 is 15.5 Å². The first-order chi connectivity index (χ1) is 11.1. The molecule has 2 N–H and O–H groups in total. The van der Waals surface area contributed by atoms with Gasteiger partial charge in [-0.25, -0.2) is 4.98 Å². The number of hydrogen-bond donors (Lipinski definition) is 2. The van der Waals surface area contributed by atoms with Crippen molar-refractivity contribution in [3.63, 3.8) is 0 Å². The van der Waals surface area contributed by atoms with Crippen LogP contribution in [0.1, 0.15) is 38.4 Å². The zero-order chi connectivity index (χ0) is 16.7. The van der Waals surface area contributed by atoms with Crippen LogP contribution >= 0.6 is 24.0 Å². The SMILES string of the molecule is CN=C(NCCC(=O)N1CCCCC1C)NCc1ncnn1C.I. The van der Waals surface area contributed by atoms with E-state index in [1.165, 1.54) is 12.7 Å². The van der Waals surface area contributed by atoms with Gasteiger partial charge in [0.15, 0.2) is 5.96 Å². The van der Waals surface area contributed by atoms with Crippen molar-refractivity contribution in [2.75, 3.05) is 20.1 Å². The van der Waals surface area contributed by atoms with Crippen molar-refractivity contribution >= 4 is 35.8 Å². The van der Waals surface area contributed by atoms with Gasteiger partial charge in [0.2, 0.25) is 5.91 Å². The van der Waals surface area contributed by atoms with Gasteiger partial charge in [-0.2, -0.15) is 5.10 Å². The molecule has 1 saturated heterocycles. The van der Waals surface area contributed by atoms with Crippen molar-refractivity contribution in [1.29, 1.82) is 0 Å². The van der Waals surface area contributed by atoms with Crippen molar-refractivity contribution in [1.82, 2.24) is 30.3 Å². The summed E-state index contributed by atoms with van der Waals surface area (Å²) < 4.78 is 1.71. The molecule has 8 nitrogen and oxygen atoms in total. The van der Waals surface area contributed by atoms with Crippen LogP contribution in [0.25, 0.3) is 0 Å². The van der Waals surface area contributed by atoms with E-state index in [0.717, 1.165) is 25.2 Å². The fourth-order valence-corrected chi connectivity index (χ4v) is 2.76. The van der Waals surface area contributed by atoms with Crippen molar-refractivity contribution in [2.45, 2.75) is 45.2 Å². The first-order valence-corrected chi connectivity index (χ1v) is 8.18. The Morgan fingerprint density at radius 2 is 2.21 bits per heavy atom. The molecule has 0 radical (unpaired) electrons. The molecule has 0 bridgehead atoms. The number of nitrogens with zero attached hydrogens (tertiary/aromatic N) is 5. The second kappa shape index (κ2) is 10.5. The molecule has 1 fully saturated rings. The van der Waals surface area contributed by atoms with Gasteiger partial charge >= 0.3 is 0 Å². The van der Waals surface area contributed by atoms with Gasteiger partial charge in [0.1, 0.15) is 12.2 Å². The number of piperidine rings is 1. The molecule has 2 heterocycles. The van der Waals surface area contributed by atoms with Crippen molar-refractivity contribution in [2.24, 2.45) is 12.0 Å². The maximum Gasteiger partial charge on any atom is 0.224 e. The van der Waals surface area contributed by atoms with E-state index < -0.39 is 0 Å².